The van der Waals surface area contributed by atoms with Gasteiger partial charge in [-0.2, -0.15) is 13.2 Å². The van der Waals surface area contributed by atoms with Crippen LogP contribution >= 0.6 is 0 Å². The molecular formula is C13H16F3NO2. The number of alkyl halides is 3. The fourth-order valence-electron chi connectivity index (χ4n) is 2.10. The molecule has 1 aromatic carbocycles. The molecule has 1 saturated heterocycles. The van der Waals surface area contributed by atoms with Gasteiger partial charge in [-0.15, -0.1) is 0 Å². The van der Waals surface area contributed by atoms with Crippen LogP contribution in [0.15, 0.2) is 24.3 Å². The van der Waals surface area contributed by atoms with Crippen molar-refractivity contribution in [3.05, 3.63) is 29.8 Å². The average molecular weight is 275 g/mol. The second-order valence-corrected chi connectivity index (χ2v) is 4.59. The molecule has 0 amide bonds. The summed E-state index contributed by atoms with van der Waals surface area (Å²) in [6.45, 7) is 1.25. The molecule has 1 fully saturated rings. The van der Waals surface area contributed by atoms with Crippen molar-refractivity contribution >= 4 is 5.69 Å². The van der Waals surface area contributed by atoms with Gasteiger partial charge in [0.2, 0.25) is 0 Å². The van der Waals surface area contributed by atoms with Crippen LogP contribution in [0.5, 0.6) is 0 Å². The predicted octanol–water partition coefficient (Wildman–Crippen LogP) is 2.92. The first kappa shape index (κ1) is 14.1. The van der Waals surface area contributed by atoms with Gasteiger partial charge in [0.05, 0.1) is 12.2 Å². The van der Waals surface area contributed by atoms with E-state index >= 15 is 0 Å². The third-order valence-electron chi connectivity index (χ3n) is 3.33. The minimum atomic E-state index is -4.37. The fraction of sp³-hybridized carbons (Fsp3) is 0.538. The van der Waals surface area contributed by atoms with E-state index in [-0.39, 0.29) is 12.2 Å². The van der Waals surface area contributed by atoms with Gasteiger partial charge >= 0.3 is 6.18 Å². The van der Waals surface area contributed by atoms with Gasteiger partial charge in [-0.3, -0.25) is 0 Å². The van der Waals surface area contributed by atoms with Crippen molar-refractivity contribution in [2.75, 3.05) is 32.2 Å². The Kier molecular flexibility index (Phi) is 4.01. The molecule has 0 aromatic heterocycles. The number of anilines is 1. The molecule has 1 heterocycles. The Labute approximate surface area is 109 Å². The Morgan fingerprint density at radius 2 is 2.11 bits per heavy atom. The summed E-state index contributed by atoms with van der Waals surface area (Å²) in [5, 5.41) is 2.83. The lowest BCUT2D eigenvalue weighted by molar-refractivity contribution is -0.137. The van der Waals surface area contributed by atoms with Crippen LogP contribution < -0.4 is 5.32 Å². The number of ether oxygens (including phenoxy) is 2. The molecule has 1 aliphatic heterocycles. The van der Waals surface area contributed by atoms with Gasteiger partial charge in [0.1, 0.15) is 5.60 Å². The number of methoxy groups -OCH3 is 1. The van der Waals surface area contributed by atoms with E-state index in [9.17, 15) is 13.2 Å². The minimum Gasteiger partial charge on any atom is -0.382 e. The summed E-state index contributed by atoms with van der Waals surface area (Å²) in [6.07, 6.45) is -3.69. The monoisotopic (exact) mass is 275 g/mol. The van der Waals surface area contributed by atoms with Gasteiger partial charge in [0.25, 0.3) is 0 Å². The van der Waals surface area contributed by atoms with Crippen molar-refractivity contribution in [1.29, 1.82) is 0 Å². The van der Waals surface area contributed by atoms with Crippen molar-refractivity contribution in [1.82, 2.24) is 0 Å². The van der Waals surface area contributed by atoms with Gasteiger partial charge in [-0.25, -0.2) is 0 Å². The first-order chi connectivity index (χ1) is 8.97. The summed E-state index contributed by atoms with van der Waals surface area (Å²) >= 11 is 0. The summed E-state index contributed by atoms with van der Waals surface area (Å²) in [5.74, 6) is 0. The lowest BCUT2D eigenvalue weighted by Gasteiger charge is -2.27. The maximum Gasteiger partial charge on any atom is 0.418 e. The number of rotatable bonds is 4. The molecular weight excluding hydrogens is 259 g/mol. The van der Waals surface area contributed by atoms with E-state index in [1.165, 1.54) is 12.1 Å². The first-order valence-corrected chi connectivity index (χ1v) is 6.00. The molecule has 19 heavy (non-hydrogen) atoms. The van der Waals surface area contributed by atoms with Crippen LogP contribution in [0, 0.1) is 0 Å². The van der Waals surface area contributed by atoms with E-state index in [4.69, 9.17) is 9.47 Å². The molecule has 0 radical (unpaired) electrons. The summed E-state index contributed by atoms with van der Waals surface area (Å²) < 4.78 is 49.1. The molecule has 0 aliphatic carbocycles. The average Bonchev–Trinajstić information content (AvgIpc) is 2.85. The lowest BCUT2D eigenvalue weighted by atomic mass is 10.0. The zero-order valence-electron chi connectivity index (χ0n) is 10.6. The van der Waals surface area contributed by atoms with E-state index in [1.54, 1.807) is 13.2 Å². The summed E-state index contributed by atoms with van der Waals surface area (Å²) in [6, 6.07) is 5.43. The second kappa shape index (κ2) is 5.38. The number of nitrogens with one attached hydrogen (secondary N) is 1. The van der Waals surface area contributed by atoms with Crippen LogP contribution in [0.3, 0.4) is 0 Å². The molecule has 1 N–H and O–H groups in total. The zero-order chi connectivity index (χ0) is 13.9. The Morgan fingerprint density at radius 3 is 2.68 bits per heavy atom. The molecule has 1 atom stereocenters. The molecule has 1 aliphatic rings. The van der Waals surface area contributed by atoms with Crippen LogP contribution in [0.1, 0.15) is 12.0 Å². The highest BCUT2D eigenvalue weighted by atomic mass is 19.4. The van der Waals surface area contributed by atoms with Gasteiger partial charge in [-0.05, 0) is 12.1 Å². The highest BCUT2D eigenvalue weighted by Crippen LogP contribution is 2.35. The molecule has 6 heteroatoms. The maximum atomic E-state index is 12.8. The van der Waals surface area contributed by atoms with Crippen molar-refractivity contribution < 1.29 is 22.6 Å². The first-order valence-electron chi connectivity index (χ1n) is 6.00. The van der Waals surface area contributed by atoms with Crippen LogP contribution in [0.2, 0.25) is 0 Å². The number of benzene rings is 1. The van der Waals surface area contributed by atoms with E-state index in [2.05, 4.69) is 5.32 Å². The van der Waals surface area contributed by atoms with Crippen LogP contribution in [0.25, 0.3) is 0 Å². The van der Waals surface area contributed by atoms with Gasteiger partial charge < -0.3 is 14.8 Å². The Hall–Kier alpha value is -1.27. The van der Waals surface area contributed by atoms with Crippen molar-refractivity contribution in [2.24, 2.45) is 0 Å². The number of hydrogen-bond donors (Lipinski definition) is 1. The quantitative estimate of drug-likeness (QED) is 0.916. The molecule has 3 nitrogen and oxygen atoms in total. The predicted molar refractivity (Wildman–Crippen MR) is 65.1 cm³/mol. The summed E-state index contributed by atoms with van der Waals surface area (Å²) in [7, 11) is 1.55. The Morgan fingerprint density at radius 1 is 1.37 bits per heavy atom. The fourth-order valence-corrected chi connectivity index (χ4v) is 2.10. The second-order valence-electron chi connectivity index (χ2n) is 4.59. The largest absolute Gasteiger partial charge is 0.418 e. The zero-order valence-corrected chi connectivity index (χ0v) is 10.6. The number of halogens is 3. The van der Waals surface area contributed by atoms with Crippen molar-refractivity contribution in [3.8, 4) is 0 Å². The standard InChI is InChI=1S/C13H16F3NO2/c1-18-12(6-7-19-9-12)8-17-11-5-3-2-4-10(11)13(14,15)16/h2-5,17H,6-9H2,1H3. The number of hydrogen-bond acceptors (Lipinski definition) is 3. The van der Waals surface area contributed by atoms with Crippen molar-refractivity contribution in [3.63, 3.8) is 0 Å². The highest BCUT2D eigenvalue weighted by Gasteiger charge is 2.37. The summed E-state index contributed by atoms with van der Waals surface area (Å²) in [4.78, 5) is 0. The molecule has 1 unspecified atom stereocenters. The molecule has 106 valence electrons. The van der Waals surface area contributed by atoms with Gasteiger partial charge in [0.15, 0.2) is 0 Å². The molecule has 0 saturated carbocycles. The molecule has 0 spiro atoms. The van der Waals surface area contributed by atoms with Crippen molar-refractivity contribution in [2.45, 2.75) is 18.2 Å². The third kappa shape index (κ3) is 3.19. The smallest absolute Gasteiger partial charge is 0.382 e. The lowest BCUT2D eigenvalue weighted by Crippen LogP contribution is -2.39. The van der Waals surface area contributed by atoms with E-state index in [0.717, 1.165) is 6.07 Å². The van der Waals surface area contributed by atoms with Crippen LogP contribution in [-0.2, 0) is 15.7 Å². The maximum absolute atomic E-state index is 12.8. The molecule has 0 bridgehead atoms. The highest BCUT2D eigenvalue weighted by molar-refractivity contribution is 5.52. The third-order valence-corrected chi connectivity index (χ3v) is 3.33. The topological polar surface area (TPSA) is 30.5 Å². The number of para-hydroxylation sites is 1. The minimum absolute atomic E-state index is 0.0679. The molecule has 1 aromatic rings. The van der Waals surface area contributed by atoms with E-state index in [1.807, 2.05) is 0 Å². The Balaban J connectivity index is 2.11. The Bertz CT molecular complexity index is 428. The molecule has 2 rings (SSSR count). The SMILES string of the molecule is COC1(CNc2ccccc2C(F)(F)F)CCOC1. The van der Waals surface area contributed by atoms with Gasteiger partial charge in [0, 0.05) is 32.4 Å². The van der Waals surface area contributed by atoms with Gasteiger partial charge in [-0.1, -0.05) is 12.1 Å². The summed E-state index contributed by atoms with van der Waals surface area (Å²) in [5.41, 5.74) is -1.14. The van der Waals surface area contributed by atoms with E-state index < -0.39 is 17.3 Å². The van der Waals surface area contributed by atoms with Crippen LogP contribution in [-0.4, -0.2) is 32.5 Å². The van der Waals surface area contributed by atoms with E-state index in [0.29, 0.717) is 19.6 Å². The normalized spacial score (nSPS) is 23.6. The van der Waals surface area contributed by atoms with Crippen LogP contribution in [0.4, 0.5) is 18.9 Å².